The molecule has 0 radical (unpaired) electrons. The molecule has 1 heterocycles. The van der Waals surface area contributed by atoms with Gasteiger partial charge in [-0.3, -0.25) is 14.4 Å². The van der Waals surface area contributed by atoms with Crippen LogP contribution in [0.25, 0.3) is 0 Å². The molecule has 0 saturated carbocycles. The van der Waals surface area contributed by atoms with E-state index in [4.69, 9.17) is 18.9 Å². The van der Waals surface area contributed by atoms with Gasteiger partial charge in [-0.15, -0.1) is 0 Å². The molecule has 0 bridgehead atoms. The molecule has 1 saturated heterocycles. The molecule has 1 aliphatic heterocycles. The summed E-state index contributed by atoms with van der Waals surface area (Å²) in [7, 11) is 0. The van der Waals surface area contributed by atoms with Gasteiger partial charge in [0.05, 0.1) is 0 Å². The maximum Gasteiger partial charge on any atom is 0.303 e. The lowest BCUT2D eigenvalue weighted by molar-refractivity contribution is -0.217. The lowest BCUT2D eigenvalue weighted by Gasteiger charge is -2.41. The van der Waals surface area contributed by atoms with Crippen LogP contribution >= 0.6 is 11.8 Å². The van der Waals surface area contributed by atoms with Crippen molar-refractivity contribution in [3.63, 3.8) is 0 Å². The highest BCUT2D eigenvalue weighted by molar-refractivity contribution is 7.99. The molecule has 28 heavy (non-hydrogen) atoms. The van der Waals surface area contributed by atoms with E-state index in [2.05, 4.69) is 0 Å². The molecule has 5 atom stereocenters. The number of aryl methyl sites for hydroxylation is 1. The van der Waals surface area contributed by atoms with Crippen LogP contribution in [-0.4, -0.2) is 54.4 Å². The van der Waals surface area contributed by atoms with E-state index in [1.807, 2.05) is 31.2 Å². The molecule has 9 heteroatoms. The second kappa shape index (κ2) is 9.88. The Labute approximate surface area is 166 Å². The summed E-state index contributed by atoms with van der Waals surface area (Å²) in [6.07, 6.45) is -5.58. The van der Waals surface area contributed by atoms with Gasteiger partial charge in [0, 0.05) is 25.7 Å². The summed E-state index contributed by atoms with van der Waals surface area (Å²) in [5.74, 6) is -1.98. The summed E-state index contributed by atoms with van der Waals surface area (Å²) >= 11 is 1.20. The van der Waals surface area contributed by atoms with Crippen LogP contribution in [0, 0.1) is 6.92 Å². The lowest BCUT2D eigenvalue weighted by atomic mass is 10.0. The van der Waals surface area contributed by atoms with Crippen LogP contribution in [0.1, 0.15) is 26.3 Å². The Bertz CT molecular complexity index is 709. The van der Waals surface area contributed by atoms with Crippen molar-refractivity contribution in [2.45, 2.75) is 62.5 Å². The van der Waals surface area contributed by atoms with Crippen LogP contribution in [0.5, 0.6) is 0 Å². The molecule has 0 aromatic heterocycles. The molecule has 0 spiro atoms. The standard InChI is InChI=1S/C19H23FO7S/c1-10-5-7-14(8-6-10)28-19-18(26-13(4)23)17(25-12(3)22)16(20)15(27-19)9-24-11(2)21/h5-8,15-19H,9H2,1-4H3/t15-,16-,17+,18-,19+/m1/s1. The number of hydrogen-bond acceptors (Lipinski definition) is 8. The second-order valence-electron chi connectivity index (χ2n) is 6.37. The Hall–Kier alpha value is -2.13. The molecule has 1 aromatic rings. The molecule has 2 rings (SSSR count). The van der Waals surface area contributed by atoms with Crippen molar-refractivity contribution in [3.05, 3.63) is 29.8 Å². The Balaban J connectivity index is 2.30. The van der Waals surface area contributed by atoms with E-state index in [1.54, 1.807) is 0 Å². The van der Waals surface area contributed by atoms with E-state index in [0.29, 0.717) is 0 Å². The van der Waals surface area contributed by atoms with E-state index in [1.165, 1.54) is 25.6 Å². The van der Waals surface area contributed by atoms with Gasteiger partial charge in [-0.2, -0.15) is 0 Å². The van der Waals surface area contributed by atoms with Gasteiger partial charge in [0.25, 0.3) is 0 Å². The van der Waals surface area contributed by atoms with Crippen LogP contribution in [0.4, 0.5) is 4.39 Å². The molecule has 0 N–H and O–H groups in total. The van der Waals surface area contributed by atoms with Gasteiger partial charge in [0.1, 0.15) is 18.1 Å². The van der Waals surface area contributed by atoms with Crippen molar-refractivity contribution >= 4 is 29.7 Å². The van der Waals surface area contributed by atoms with Crippen molar-refractivity contribution in [1.82, 2.24) is 0 Å². The fraction of sp³-hybridized carbons (Fsp3) is 0.526. The number of rotatable bonds is 6. The molecule has 1 aromatic carbocycles. The average Bonchev–Trinajstić information content (AvgIpc) is 2.60. The largest absolute Gasteiger partial charge is 0.463 e. The zero-order chi connectivity index (χ0) is 20.8. The monoisotopic (exact) mass is 414 g/mol. The third-order valence-electron chi connectivity index (χ3n) is 3.90. The Morgan fingerprint density at radius 2 is 1.57 bits per heavy atom. The maximum atomic E-state index is 15.0. The second-order valence-corrected chi connectivity index (χ2v) is 7.54. The van der Waals surface area contributed by atoms with Crippen molar-refractivity contribution < 1.29 is 37.7 Å². The fourth-order valence-corrected chi connectivity index (χ4v) is 3.79. The number of ether oxygens (including phenoxy) is 4. The number of thioether (sulfide) groups is 1. The number of esters is 3. The summed E-state index contributed by atoms with van der Waals surface area (Å²) in [4.78, 5) is 35.0. The third-order valence-corrected chi connectivity index (χ3v) is 5.05. The highest BCUT2D eigenvalue weighted by Gasteiger charge is 2.51. The third kappa shape index (κ3) is 6.20. The average molecular weight is 414 g/mol. The predicted octanol–water partition coefficient (Wildman–Crippen LogP) is 2.58. The van der Waals surface area contributed by atoms with Gasteiger partial charge in [0.2, 0.25) is 0 Å². The molecule has 0 amide bonds. The quantitative estimate of drug-likeness (QED) is 0.518. The molecule has 7 nitrogen and oxygen atoms in total. The molecule has 154 valence electrons. The Kier molecular flexibility index (Phi) is 7.82. The van der Waals surface area contributed by atoms with E-state index >= 15 is 0 Å². The summed E-state index contributed by atoms with van der Waals surface area (Å²) < 4.78 is 36.0. The van der Waals surface area contributed by atoms with Crippen LogP contribution < -0.4 is 0 Å². The predicted molar refractivity (Wildman–Crippen MR) is 98.3 cm³/mol. The lowest BCUT2D eigenvalue weighted by Crippen LogP contribution is -2.58. The molecule has 1 fully saturated rings. The fourth-order valence-electron chi connectivity index (χ4n) is 2.69. The van der Waals surface area contributed by atoms with Gasteiger partial charge in [-0.25, -0.2) is 4.39 Å². The number of halogens is 1. The number of carbonyl (C=O) groups excluding carboxylic acids is 3. The van der Waals surface area contributed by atoms with Crippen LogP contribution in [0.2, 0.25) is 0 Å². The van der Waals surface area contributed by atoms with Gasteiger partial charge in [0.15, 0.2) is 18.4 Å². The van der Waals surface area contributed by atoms with E-state index in [-0.39, 0.29) is 6.61 Å². The smallest absolute Gasteiger partial charge is 0.303 e. The zero-order valence-corrected chi connectivity index (χ0v) is 16.9. The SMILES string of the molecule is CC(=O)OC[C@H]1O[C@@H](Sc2ccc(C)cc2)[C@H](OC(C)=O)[C@@H](OC(C)=O)[C@@H]1F. The van der Waals surface area contributed by atoms with Crippen molar-refractivity contribution in [2.75, 3.05) is 6.61 Å². The number of benzene rings is 1. The normalized spacial score (nSPS) is 27.0. The summed E-state index contributed by atoms with van der Waals surface area (Å²) in [5, 5.41) is 0. The topological polar surface area (TPSA) is 88.1 Å². The summed E-state index contributed by atoms with van der Waals surface area (Å²) in [6.45, 7) is 5.09. The first kappa shape index (κ1) is 22.2. The van der Waals surface area contributed by atoms with Crippen LogP contribution in [0.3, 0.4) is 0 Å². The maximum absolute atomic E-state index is 15.0. The van der Waals surface area contributed by atoms with Crippen molar-refractivity contribution in [3.8, 4) is 0 Å². The molecule has 1 aliphatic rings. The number of carbonyl (C=O) groups is 3. The van der Waals surface area contributed by atoms with Crippen molar-refractivity contribution in [1.29, 1.82) is 0 Å². The molecular formula is C19H23FO7S. The van der Waals surface area contributed by atoms with E-state index < -0.39 is 47.8 Å². The Morgan fingerprint density at radius 1 is 1.00 bits per heavy atom. The molecular weight excluding hydrogens is 391 g/mol. The van der Waals surface area contributed by atoms with Gasteiger partial charge < -0.3 is 18.9 Å². The highest BCUT2D eigenvalue weighted by Crippen LogP contribution is 2.37. The van der Waals surface area contributed by atoms with E-state index in [0.717, 1.165) is 17.4 Å². The first-order chi connectivity index (χ1) is 13.2. The van der Waals surface area contributed by atoms with Crippen LogP contribution in [-0.2, 0) is 33.3 Å². The molecule has 0 unspecified atom stereocenters. The number of alkyl halides is 1. The first-order valence-electron chi connectivity index (χ1n) is 8.68. The van der Waals surface area contributed by atoms with Gasteiger partial charge in [-0.05, 0) is 19.1 Å². The summed E-state index contributed by atoms with van der Waals surface area (Å²) in [6, 6.07) is 7.48. The minimum absolute atomic E-state index is 0.355. The first-order valence-corrected chi connectivity index (χ1v) is 9.56. The van der Waals surface area contributed by atoms with Crippen LogP contribution in [0.15, 0.2) is 29.2 Å². The Morgan fingerprint density at radius 3 is 2.11 bits per heavy atom. The minimum Gasteiger partial charge on any atom is -0.463 e. The van der Waals surface area contributed by atoms with Gasteiger partial charge >= 0.3 is 17.9 Å². The van der Waals surface area contributed by atoms with Gasteiger partial charge in [-0.1, -0.05) is 29.5 Å². The number of hydrogen-bond donors (Lipinski definition) is 0. The zero-order valence-electron chi connectivity index (χ0n) is 16.0. The van der Waals surface area contributed by atoms with Crippen molar-refractivity contribution in [2.24, 2.45) is 0 Å². The minimum atomic E-state index is -1.84. The highest BCUT2D eigenvalue weighted by atomic mass is 32.2. The molecule has 0 aliphatic carbocycles. The van der Waals surface area contributed by atoms with E-state index in [9.17, 15) is 18.8 Å². The summed E-state index contributed by atoms with van der Waals surface area (Å²) in [5.41, 5.74) is 0.184.